The van der Waals surface area contributed by atoms with Crippen LogP contribution in [0.4, 0.5) is 5.95 Å². The van der Waals surface area contributed by atoms with Crippen molar-refractivity contribution in [3.05, 3.63) is 11.4 Å². The summed E-state index contributed by atoms with van der Waals surface area (Å²) in [7, 11) is 0. The molecule has 1 aromatic heterocycles. The fourth-order valence-corrected chi connectivity index (χ4v) is 2.32. The van der Waals surface area contributed by atoms with Crippen LogP contribution in [0.25, 0.3) is 0 Å². The Morgan fingerprint density at radius 2 is 2.12 bits per heavy atom. The van der Waals surface area contributed by atoms with Crippen LogP contribution in [0, 0.1) is 13.8 Å². The SMILES string of the molecule is Cc1nnc(N2CCCC2CCCN)nc1C. The second-order valence-electron chi connectivity index (χ2n) is 4.70. The van der Waals surface area contributed by atoms with E-state index in [0.717, 1.165) is 43.3 Å². The minimum absolute atomic E-state index is 0.544. The third-order valence-electron chi connectivity index (χ3n) is 3.46. The lowest BCUT2D eigenvalue weighted by Gasteiger charge is -2.24. The minimum atomic E-state index is 0.544. The lowest BCUT2D eigenvalue weighted by molar-refractivity contribution is 0.574. The number of hydrogen-bond acceptors (Lipinski definition) is 5. The highest BCUT2D eigenvalue weighted by atomic mass is 15.3. The minimum Gasteiger partial charge on any atom is -0.337 e. The zero-order valence-electron chi connectivity index (χ0n) is 10.7. The number of nitrogens with two attached hydrogens (primary N) is 1. The third-order valence-corrected chi connectivity index (χ3v) is 3.46. The number of nitrogens with zero attached hydrogens (tertiary/aromatic N) is 4. The molecule has 0 bridgehead atoms. The molecule has 1 aliphatic rings. The molecule has 0 saturated carbocycles. The van der Waals surface area contributed by atoms with Crippen molar-refractivity contribution in [3.63, 3.8) is 0 Å². The van der Waals surface area contributed by atoms with Crippen LogP contribution >= 0.6 is 0 Å². The van der Waals surface area contributed by atoms with E-state index in [1.54, 1.807) is 0 Å². The summed E-state index contributed by atoms with van der Waals surface area (Å²) >= 11 is 0. The number of anilines is 1. The Bertz CT molecular complexity index is 379. The monoisotopic (exact) mass is 235 g/mol. The van der Waals surface area contributed by atoms with Crippen LogP contribution in [0.3, 0.4) is 0 Å². The molecule has 17 heavy (non-hydrogen) atoms. The molecule has 5 nitrogen and oxygen atoms in total. The van der Waals surface area contributed by atoms with Gasteiger partial charge in [0.25, 0.3) is 0 Å². The average Bonchev–Trinajstić information content (AvgIpc) is 2.78. The quantitative estimate of drug-likeness (QED) is 0.849. The zero-order chi connectivity index (χ0) is 12.3. The molecule has 1 atom stereocenters. The molecule has 5 heteroatoms. The van der Waals surface area contributed by atoms with Gasteiger partial charge >= 0.3 is 0 Å². The van der Waals surface area contributed by atoms with Crippen molar-refractivity contribution in [2.24, 2.45) is 5.73 Å². The number of aromatic nitrogens is 3. The van der Waals surface area contributed by atoms with Gasteiger partial charge in [-0.25, -0.2) is 4.98 Å². The Morgan fingerprint density at radius 1 is 1.29 bits per heavy atom. The predicted molar refractivity (Wildman–Crippen MR) is 68.0 cm³/mol. The van der Waals surface area contributed by atoms with Gasteiger partial charge < -0.3 is 10.6 Å². The number of hydrogen-bond donors (Lipinski definition) is 1. The molecule has 0 spiro atoms. The van der Waals surface area contributed by atoms with Gasteiger partial charge in [0.2, 0.25) is 5.95 Å². The molecule has 1 aliphatic heterocycles. The molecule has 1 fully saturated rings. The summed E-state index contributed by atoms with van der Waals surface area (Å²) in [5.74, 6) is 0.785. The van der Waals surface area contributed by atoms with E-state index in [1.165, 1.54) is 12.8 Å². The molecule has 94 valence electrons. The van der Waals surface area contributed by atoms with Gasteiger partial charge in [-0.1, -0.05) is 0 Å². The maximum atomic E-state index is 5.57. The van der Waals surface area contributed by atoms with Crippen LogP contribution in [-0.2, 0) is 0 Å². The molecular weight excluding hydrogens is 214 g/mol. The molecule has 2 N–H and O–H groups in total. The summed E-state index contributed by atoms with van der Waals surface area (Å²) in [4.78, 5) is 6.82. The lowest BCUT2D eigenvalue weighted by atomic mass is 10.1. The molecule has 1 saturated heterocycles. The Morgan fingerprint density at radius 3 is 2.82 bits per heavy atom. The average molecular weight is 235 g/mol. The second kappa shape index (κ2) is 5.40. The molecule has 1 unspecified atom stereocenters. The van der Waals surface area contributed by atoms with E-state index in [9.17, 15) is 0 Å². The van der Waals surface area contributed by atoms with E-state index in [1.807, 2.05) is 13.8 Å². The van der Waals surface area contributed by atoms with Crippen molar-refractivity contribution >= 4 is 5.95 Å². The summed E-state index contributed by atoms with van der Waals surface area (Å²) < 4.78 is 0. The number of rotatable bonds is 4. The van der Waals surface area contributed by atoms with Gasteiger partial charge in [-0.3, -0.25) is 0 Å². The van der Waals surface area contributed by atoms with Crippen LogP contribution in [0.2, 0.25) is 0 Å². The normalized spacial score (nSPS) is 19.9. The second-order valence-corrected chi connectivity index (χ2v) is 4.70. The van der Waals surface area contributed by atoms with Crippen LogP contribution in [-0.4, -0.2) is 34.3 Å². The zero-order valence-corrected chi connectivity index (χ0v) is 10.7. The van der Waals surface area contributed by atoms with E-state index in [4.69, 9.17) is 5.73 Å². The van der Waals surface area contributed by atoms with Crippen molar-refractivity contribution < 1.29 is 0 Å². The van der Waals surface area contributed by atoms with Gasteiger partial charge in [-0.15, -0.1) is 5.10 Å². The maximum Gasteiger partial charge on any atom is 0.245 e. The van der Waals surface area contributed by atoms with E-state index >= 15 is 0 Å². The van der Waals surface area contributed by atoms with Crippen molar-refractivity contribution in [3.8, 4) is 0 Å². The van der Waals surface area contributed by atoms with Crippen LogP contribution in [0.5, 0.6) is 0 Å². The highest BCUT2D eigenvalue weighted by Gasteiger charge is 2.26. The molecule has 0 amide bonds. The predicted octanol–water partition coefficient (Wildman–Crippen LogP) is 1.20. The summed E-state index contributed by atoms with van der Waals surface area (Å²) in [5.41, 5.74) is 7.45. The van der Waals surface area contributed by atoms with E-state index < -0.39 is 0 Å². The Kier molecular flexibility index (Phi) is 3.89. The third kappa shape index (κ3) is 2.72. The fourth-order valence-electron chi connectivity index (χ4n) is 2.32. The van der Waals surface area contributed by atoms with Crippen LogP contribution < -0.4 is 10.6 Å². The standard InChI is InChI=1S/C12H21N5/c1-9-10(2)15-16-12(14-9)17-8-4-6-11(17)5-3-7-13/h11H,3-8,13H2,1-2H3. The van der Waals surface area contributed by atoms with Crippen LogP contribution in [0.1, 0.15) is 37.1 Å². The number of aryl methyl sites for hydroxylation is 2. The highest BCUT2D eigenvalue weighted by molar-refractivity contribution is 5.33. The molecule has 1 aromatic rings. The Labute approximate surface area is 102 Å². The molecule has 0 radical (unpaired) electrons. The Balaban J connectivity index is 2.11. The van der Waals surface area contributed by atoms with Crippen molar-refractivity contribution in [2.45, 2.75) is 45.6 Å². The lowest BCUT2D eigenvalue weighted by Crippen LogP contribution is -2.31. The van der Waals surface area contributed by atoms with Gasteiger partial charge in [-0.2, -0.15) is 5.10 Å². The molecular formula is C12H21N5. The van der Waals surface area contributed by atoms with Crippen molar-refractivity contribution in [2.75, 3.05) is 18.0 Å². The van der Waals surface area contributed by atoms with Crippen molar-refractivity contribution in [1.29, 1.82) is 0 Å². The highest BCUT2D eigenvalue weighted by Crippen LogP contribution is 2.25. The Hall–Kier alpha value is -1.23. The van der Waals surface area contributed by atoms with E-state index in [-0.39, 0.29) is 0 Å². The smallest absolute Gasteiger partial charge is 0.245 e. The summed E-state index contributed by atoms with van der Waals surface area (Å²) in [5, 5.41) is 8.37. The van der Waals surface area contributed by atoms with Crippen LogP contribution in [0.15, 0.2) is 0 Å². The molecule has 0 aliphatic carbocycles. The van der Waals surface area contributed by atoms with Crippen molar-refractivity contribution in [1.82, 2.24) is 15.2 Å². The van der Waals surface area contributed by atoms with Gasteiger partial charge in [-0.05, 0) is 46.1 Å². The topological polar surface area (TPSA) is 67.9 Å². The largest absolute Gasteiger partial charge is 0.337 e. The summed E-state index contributed by atoms with van der Waals surface area (Å²) in [6, 6.07) is 0.544. The first-order valence-electron chi connectivity index (χ1n) is 6.37. The molecule has 2 rings (SSSR count). The summed E-state index contributed by atoms with van der Waals surface area (Å²) in [6.07, 6.45) is 4.63. The first-order valence-corrected chi connectivity index (χ1v) is 6.37. The van der Waals surface area contributed by atoms with Gasteiger partial charge in [0.1, 0.15) is 0 Å². The van der Waals surface area contributed by atoms with Gasteiger partial charge in [0.05, 0.1) is 11.4 Å². The van der Waals surface area contributed by atoms with E-state index in [2.05, 4.69) is 20.1 Å². The summed E-state index contributed by atoms with van der Waals surface area (Å²) in [6.45, 7) is 5.73. The first-order chi connectivity index (χ1) is 8.22. The first kappa shape index (κ1) is 12.2. The van der Waals surface area contributed by atoms with Gasteiger partial charge in [0, 0.05) is 12.6 Å². The van der Waals surface area contributed by atoms with E-state index in [0.29, 0.717) is 6.04 Å². The molecule has 0 aromatic carbocycles. The van der Waals surface area contributed by atoms with Gasteiger partial charge in [0.15, 0.2) is 0 Å². The fraction of sp³-hybridized carbons (Fsp3) is 0.750. The maximum absolute atomic E-state index is 5.57. The molecule has 2 heterocycles.